The molecule has 0 bridgehead atoms. The summed E-state index contributed by atoms with van der Waals surface area (Å²) < 4.78 is 5.10. The number of rotatable bonds is 2. The highest BCUT2D eigenvalue weighted by Gasteiger charge is 2.10. The van der Waals surface area contributed by atoms with Crippen LogP contribution < -0.4 is 0 Å². The van der Waals surface area contributed by atoms with Crippen molar-refractivity contribution in [2.45, 2.75) is 6.92 Å². The number of aldehydes is 1. The van der Waals surface area contributed by atoms with Gasteiger partial charge in [-0.2, -0.15) is 0 Å². The zero-order valence-corrected chi connectivity index (χ0v) is 8.10. The number of carbonyl (C=O) groups is 1. The molecule has 0 aliphatic carbocycles. The van der Waals surface area contributed by atoms with Gasteiger partial charge in [-0.15, -0.1) is 0 Å². The van der Waals surface area contributed by atoms with Crippen LogP contribution in [0.15, 0.2) is 28.7 Å². The smallest absolute Gasteiger partial charge is 0.260 e. The molecule has 0 amide bonds. The van der Waals surface area contributed by atoms with Crippen LogP contribution in [0.1, 0.15) is 16.4 Å². The minimum Gasteiger partial charge on any atom is -0.508 e. The number of phenolic OH excluding ortho intramolecular Hbond substituents is 1. The number of hydrogen-bond donors (Lipinski definition) is 1. The van der Waals surface area contributed by atoms with Crippen molar-refractivity contribution in [2.75, 3.05) is 0 Å². The fourth-order valence-corrected chi connectivity index (χ4v) is 1.39. The maximum atomic E-state index is 10.5. The summed E-state index contributed by atoms with van der Waals surface area (Å²) in [5.74, 6) is 0.760. The Morgan fingerprint density at radius 3 is 2.87 bits per heavy atom. The molecule has 1 aromatic carbocycles. The highest BCUT2D eigenvalue weighted by Crippen LogP contribution is 2.25. The number of aromatic hydroxyl groups is 1. The molecule has 0 radical (unpaired) electrons. The van der Waals surface area contributed by atoms with E-state index in [4.69, 9.17) is 4.42 Å². The van der Waals surface area contributed by atoms with Crippen LogP contribution in [0.2, 0.25) is 0 Å². The Hall–Kier alpha value is -2.10. The monoisotopic (exact) mass is 203 g/mol. The van der Waals surface area contributed by atoms with E-state index < -0.39 is 0 Å². The summed E-state index contributed by atoms with van der Waals surface area (Å²) in [6.45, 7) is 1.72. The number of benzene rings is 1. The highest BCUT2D eigenvalue weighted by molar-refractivity contribution is 5.71. The standard InChI is InChI=1S/C11H9NO3/c1-7-11(12-10(6-13)15-7)8-3-2-4-9(14)5-8/h2-6,14H,1H3. The second-order valence-corrected chi connectivity index (χ2v) is 3.13. The van der Waals surface area contributed by atoms with E-state index in [1.54, 1.807) is 31.2 Å². The van der Waals surface area contributed by atoms with Crippen molar-refractivity contribution in [3.63, 3.8) is 0 Å². The Morgan fingerprint density at radius 2 is 2.27 bits per heavy atom. The summed E-state index contributed by atoms with van der Waals surface area (Å²) >= 11 is 0. The molecule has 4 nitrogen and oxygen atoms in total. The second kappa shape index (κ2) is 3.57. The van der Waals surface area contributed by atoms with Gasteiger partial charge >= 0.3 is 0 Å². The predicted octanol–water partition coefficient (Wildman–Crippen LogP) is 2.17. The molecule has 0 spiro atoms. The van der Waals surface area contributed by atoms with Gasteiger partial charge in [-0.1, -0.05) is 12.1 Å². The third kappa shape index (κ3) is 1.74. The van der Waals surface area contributed by atoms with Crippen molar-refractivity contribution in [1.29, 1.82) is 0 Å². The number of carbonyl (C=O) groups excluding carboxylic acids is 1. The molecule has 0 saturated heterocycles. The van der Waals surface area contributed by atoms with E-state index in [2.05, 4.69) is 4.98 Å². The van der Waals surface area contributed by atoms with E-state index in [1.807, 2.05) is 0 Å². The molecule has 0 saturated carbocycles. The van der Waals surface area contributed by atoms with Crippen LogP contribution in [0.4, 0.5) is 0 Å². The third-order valence-corrected chi connectivity index (χ3v) is 2.03. The summed E-state index contributed by atoms with van der Waals surface area (Å²) in [7, 11) is 0. The average Bonchev–Trinajstić information content (AvgIpc) is 2.60. The number of aryl methyl sites for hydroxylation is 1. The van der Waals surface area contributed by atoms with Crippen molar-refractivity contribution in [3.05, 3.63) is 35.9 Å². The van der Waals surface area contributed by atoms with Gasteiger partial charge in [0.25, 0.3) is 5.89 Å². The Kier molecular flexibility index (Phi) is 2.25. The van der Waals surface area contributed by atoms with Crippen LogP contribution in [0.3, 0.4) is 0 Å². The van der Waals surface area contributed by atoms with E-state index >= 15 is 0 Å². The Labute approximate surface area is 86.2 Å². The summed E-state index contributed by atoms with van der Waals surface area (Å²) in [4.78, 5) is 14.5. The van der Waals surface area contributed by atoms with Crippen LogP contribution in [0.25, 0.3) is 11.3 Å². The molecule has 2 rings (SSSR count). The number of aromatic nitrogens is 1. The molecule has 0 fully saturated rings. The lowest BCUT2D eigenvalue weighted by Gasteiger charge is -1.97. The van der Waals surface area contributed by atoms with Crippen LogP contribution in [-0.2, 0) is 0 Å². The van der Waals surface area contributed by atoms with Crippen molar-refractivity contribution < 1.29 is 14.3 Å². The topological polar surface area (TPSA) is 63.3 Å². The first-order valence-electron chi connectivity index (χ1n) is 4.42. The maximum absolute atomic E-state index is 10.5. The first kappa shape index (κ1) is 9.45. The number of nitrogens with zero attached hydrogens (tertiary/aromatic N) is 1. The molecule has 4 heteroatoms. The Morgan fingerprint density at radius 1 is 1.47 bits per heavy atom. The molecule has 76 valence electrons. The summed E-state index contributed by atoms with van der Waals surface area (Å²) in [5, 5.41) is 9.30. The van der Waals surface area contributed by atoms with Crippen molar-refractivity contribution >= 4 is 6.29 Å². The quantitative estimate of drug-likeness (QED) is 0.759. The minimum atomic E-state index is 0.0471. The minimum absolute atomic E-state index is 0.0471. The van der Waals surface area contributed by atoms with Gasteiger partial charge in [0, 0.05) is 5.56 Å². The first-order valence-corrected chi connectivity index (χ1v) is 4.42. The SMILES string of the molecule is Cc1oc(C=O)nc1-c1cccc(O)c1. The number of oxazole rings is 1. The predicted molar refractivity (Wildman–Crippen MR) is 53.7 cm³/mol. The zero-order valence-electron chi connectivity index (χ0n) is 8.10. The van der Waals surface area contributed by atoms with Gasteiger partial charge in [0.05, 0.1) is 0 Å². The van der Waals surface area contributed by atoms with E-state index in [1.165, 1.54) is 0 Å². The Balaban J connectivity index is 2.53. The van der Waals surface area contributed by atoms with Crippen LogP contribution in [0.5, 0.6) is 5.75 Å². The molecule has 1 aromatic heterocycles. The second-order valence-electron chi connectivity index (χ2n) is 3.13. The molecular weight excluding hydrogens is 194 g/mol. The van der Waals surface area contributed by atoms with E-state index in [0.29, 0.717) is 17.7 Å². The molecule has 2 aromatic rings. The summed E-state index contributed by atoms with van der Waals surface area (Å²) in [5.41, 5.74) is 1.30. The molecule has 1 heterocycles. The van der Waals surface area contributed by atoms with Crippen LogP contribution in [0, 0.1) is 6.92 Å². The normalized spacial score (nSPS) is 10.2. The van der Waals surface area contributed by atoms with Gasteiger partial charge in [0.2, 0.25) is 6.29 Å². The first-order chi connectivity index (χ1) is 7.20. The van der Waals surface area contributed by atoms with Gasteiger partial charge in [0.1, 0.15) is 17.2 Å². The lowest BCUT2D eigenvalue weighted by Crippen LogP contribution is -1.81. The van der Waals surface area contributed by atoms with Crippen molar-refractivity contribution in [1.82, 2.24) is 4.98 Å². The van der Waals surface area contributed by atoms with Crippen LogP contribution in [-0.4, -0.2) is 16.4 Å². The molecule has 0 unspecified atom stereocenters. The largest absolute Gasteiger partial charge is 0.508 e. The van der Waals surface area contributed by atoms with Gasteiger partial charge in [-0.05, 0) is 19.1 Å². The van der Waals surface area contributed by atoms with Crippen molar-refractivity contribution in [3.8, 4) is 17.0 Å². The van der Waals surface area contributed by atoms with Crippen LogP contribution >= 0.6 is 0 Å². The summed E-state index contributed by atoms with van der Waals surface area (Å²) in [6.07, 6.45) is 0.555. The molecule has 0 atom stereocenters. The maximum Gasteiger partial charge on any atom is 0.260 e. The fourth-order valence-electron chi connectivity index (χ4n) is 1.39. The number of hydrogen-bond acceptors (Lipinski definition) is 4. The fraction of sp³-hybridized carbons (Fsp3) is 0.0909. The van der Waals surface area contributed by atoms with E-state index in [9.17, 15) is 9.90 Å². The lowest BCUT2D eigenvalue weighted by molar-refractivity contribution is 0.109. The van der Waals surface area contributed by atoms with Gasteiger partial charge in [0.15, 0.2) is 0 Å². The van der Waals surface area contributed by atoms with Gasteiger partial charge in [-0.25, -0.2) is 4.98 Å². The average molecular weight is 203 g/mol. The highest BCUT2D eigenvalue weighted by atomic mass is 16.4. The third-order valence-electron chi connectivity index (χ3n) is 2.03. The Bertz CT molecular complexity index is 502. The molecule has 1 N–H and O–H groups in total. The van der Waals surface area contributed by atoms with Crippen molar-refractivity contribution in [2.24, 2.45) is 0 Å². The van der Waals surface area contributed by atoms with Gasteiger partial charge < -0.3 is 9.52 Å². The summed E-state index contributed by atoms with van der Waals surface area (Å²) in [6, 6.07) is 6.64. The molecule has 15 heavy (non-hydrogen) atoms. The zero-order chi connectivity index (χ0) is 10.8. The van der Waals surface area contributed by atoms with Gasteiger partial charge in [-0.3, -0.25) is 4.79 Å². The molecular formula is C11H9NO3. The number of phenols is 1. The van der Waals surface area contributed by atoms with E-state index in [0.717, 1.165) is 5.56 Å². The lowest BCUT2D eigenvalue weighted by atomic mass is 10.1. The molecule has 0 aliphatic rings. The van der Waals surface area contributed by atoms with E-state index in [-0.39, 0.29) is 11.6 Å². The molecule has 0 aliphatic heterocycles.